The van der Waals surface area contributed by atoms with Gasteiger partial charge in [-0.3, -0.25) is 4.79 Å². The van der Waals surface area contributed by atoms with E-state index in [2.05, 4.69) is 25.2 Å². The summed E-state index contributed by atoms with van der Waals surface area (Å²) in [5.41, 5.74) is -0.387. The zero-order valence-corrected chi connectivity index (χ0v) is 17.7. The Balaban J connectivity index is 0. The fourth-order valence-electron chi connectivity index (χ4n) is 2.07. The van der Waals surface area contributed by atoms with E-state index in [1.165, 1.54) is 0 Å². The summed E-state index contributed by atoms with van der Waals surface area (Å²) in [4.78, 5) is 21.9. The molecule has 2 rings (SSSR count). The fourth-order valence-corrected chi connectivity index (χ4v) is 2.07. The summed E-state index contributed by atoms with van der Waals surface area (Å²) in [6.45, 7) is 22.3. The van der Waals surface area contributed by atoms with Crippen LogP contribution in [0.25, 0.3) is 0 Å². The second-order valence-corrected chi connectivity index (χ2v) is 8.63. The summed E-state index contributed by atoms with van der Waals surface area (Å²) >= 11 is 0. The number of ether oxygens (including phenoxy) is 3. The van der Waals surface area contributed by atoms with Crippen LogP contribution in [0.4, 0.5) is 0 Å². The molecule has 0 bridgehead atoms. The summed E-state index contributed by atoms with van der Waals surface area (Å²) in [7, 11) is 1.68. The highest BCUT2D eigenvalue weighted by Gasteiger charge is 2.51. The van der Waals surface area contributed by atoms with E-state index in [0.717, 1.165) is 6.61 Å². The summed E-state index contributed by atoms with van der Waals surface area (Å²) in [5.74, 6) is -0.338. The Kier molecular flexibility index (Phi) is 9.33. The van der Waals surface area contributed by atoms with E-state index in [9.17, 15) is 9.59 Å². The van der Waals surface area contributed by atoms with Gasteiger partial charge in [-0.15, -0.1) is 0 Å². The van der Waals surface area contributed by atoms with Crippen molar-refractivity contribution in [3.63, 3.8) is 0 Å². The smallest absolute Gasteiger partial charge is 0.334 e. The SMILES string of the molecule is C.C=C1C(=O)OC(C)(C)C1(C)C.CC1(C)CC(=O)OC1(C)C.CCOC. The maximum absolute atomic E-state index is 11.1. The molecule has 2 fully saturated rings. The lowest BCUT2D eigenvalue weighted by Gasteiger charge is -2.31. The normalized spacial score (nSPS) is 23.4. The predicted molar refractivity (Wildman–Crippen MR) is 106 cm³/mol. The highest BCUT2D eigenvalue weighted by atomic mass is 16.6. The van der Waals surface area contributed by atoms with Crippen LogP contribution in [0.3, 0.4) is 0 Å². The molecule has 0 spiro atoms. The molecule has 154 valence electrons. The van der Waals surface area contributed by atoms with Crippen molar-refractivity contribution in [3.8, 4) is 0 Å². The molecule has 0 N–H and O–H groups in total. The van der Waals surface area contributed by atoms with Crippen LogP contribution < -0.4 is 0 Å². The van der Waals surface area contributed by atoms with Crippen molar-refractivity contribution in [2.45, 2.75) is 87.4 Å². The molecule has 0 amide bonds. The first-order valence-corrected chi connectivity index (χ1v) is 8.69. The van der Waals surface area contributed by atoms with Gasteiger partial charge < -0.3 is 14.2 Å². The summed E-state index contributed by atoms with van der Waals surface area (Å²) < 4.78 is 14.8. The molecule has 0 unspecified atom stereocenters. The van der Waals surface area contributed by atoms with Gasteiger partial charge in [0.2, 0.25) is 0 Å². The zero-order valence-electron chi connectivity index (χ0n) is 17.7. The first kappa shape index (κ1) is 26.9. The molecule has 0 atom stereocenters. The fraction of sp³-hybridized carbons (Fsp3) is 0.810. The van der Waals surface area contributed by atoms with Gasteiger partial charge in [0, 0.05) is 30.1 Å². The number of carbonyl (C=O) groups excluding carboxylic acids is 2. The third-order valence-electron chi connectivity index (χ3n) is 5.73. The lowest BCUT2D eigenvalue weighted by molar-refractivity contribution is -0.148. The average Bonchev–Trinajstić information content (AvgIpc) is 2.71. The number of esters is 2. The highest BCUT2D eigenvalue weighted by molar-refractivity contribution is 5.92. The minimum Gasteiger partial charge on any atom is -0.459 e. The predicted octanol–water partition coefficient (Wildman–Crippen LogP) is 4.93. The molecule has 0 radical (unpaired) electrons. The Morgan fingerprint density at radius 1 is 0.962 bits per heavy atom. The van der Waals surface area contributed by atoms with Crippen molar-refractivity contribution in [2.75, 3.05) is 13.7 Å². The molecular weight excluding hydrogens is 332 g/mol. The van der Waals surface area contributed by atoms with Crippen LogP contribution in [0.1, 0.15) is 76.2 Å². The van der Waals surface area contributed by atoms with Crippen molar-refractivity contribution < 1.29 is 23.8 Å². The number of rotatable bonds is 1. The maximum atomic E-state index is 11.1. The Bertz CT molecular complexity index is 492. The van der Waals surface area contributed by atoms with Gasteiger partial charge in [0.1, 0.15) is 11.2 Å². The van der Waals surface area contributed by atoms with Crippen LogP contribution in [0.15, 0.2) is 12.2 Å². The summed E-state index contributed by atoms with van der Waals surface area (Å²) in [5, 5.41) is 0. The molecule has 0 aliphatic carbocycles. The number of methoxy groups -OCH3 is 1. The first-order valence-electron chi connectivity index (χ1n) is 8.69. The van der Waals surface area contributed by atoms with E-state index in [-0.39, 0.29) is 35.8 Å². The van der Waals surface area contributed by atoms with E-state index >= 15 is 0 Å². The van der Waals surface area contributed by atoms with E-state index in [0.29, 0.717) is 12.0 Å². The second-order valence-electron chi connectivity index (χ2n) is 8.63. The Hall–Kier alpha value is -1.36. The van der Waals surface area contributed by atoms with Crippen molar-refractivity contribution in [3.05, 3.63) is 12.2 Å². The van der Waals surface area contributed by atoms with Gasteiger partial charge in [-0.2, -0.15) is 0 Å². The summed E-state index contributed by atoms with van der Waals surface area (Å²) in [6, 6.07) is 0. The minimum absolute atomic E-state index is 0. The Morgan fingerprint density at radius 3 is 1.46 bits per heavy atom. The largest absolute Gasteiger partial charge is 0.459 e. The van der Waals surface area contributed by atoms with Crippen molar-refractivity contribution in [1.29, 1.82) is 0 Å². The lowest BCUT2D eigenvalue weighted by Crippen LogP contribution is -2.35. The molecule has 2 aliphatic rings. The van der Waals surface area contributed by atoms with Crippen LogP contribution in [0.5, 0.6) is 0 Å². The van der Waals surface area contributed by atoms with Crippen LogP contribution >= 0.6 is 0 Å². The quantitative estimate of drug-likeness (QED) is 0.482. The van der Waals surface area contributed by atoms with Crippen molar-refractivity contribution >= 4 is 11.9 Å². The van der Waals surface area contributed by atoms with Crippen LogP contribution in [-0.2, 0) is 23.8 Å². The van der Waals surface area contributed by atoms with E-state index < -0.39 is 5.60 Å². The standard InChI is InChI=1S/C9H14O2.C8H14O2.C3H8O.CH4/c1-6-7(10)11-9(4,5)8(6,2)3;1-7(2)5-6(9)10-8(7,3)4;1-3-4-2;/h1H2,2-5H3;5H2,1-4H3;3H2,1-2H3;1H4. The molecule has 5 nitrogen and oxygen atoms in total. The van der Waals surface area contributed by atoms with Crippen LogP contribution in [0.2, 0.25) is 0 Å². The number of hydrogen-bond acceptors (Lipinski definition) is 5. The van der Waals surface area contributed by atoms with E-state index in [4.69, 9.17) is 9.47 Å². The van der Waals surface area contributed by atoms with Gasteiger partial charge in [-0.1, -0.05) is 41.7 Å². The van der Waals surface area contributed by atoms with Gasteiger partial charge >= 0.3 is 11.9 Å². The van der Waals surface area contributed by atoms with Gasteiger partial charge in [0.25, 0.3) is 0 Å². The molecule has 2 saturated heterocycles. The topological polar surface area (TPSA) is 61.8 Å². The molecule has 0 saturated carbocycles. The molecule has 0 aromatic carbocycles. The third-order valence-corrected chi connectivity index (χ3v) is 5.73. The van der Waals surface area contributed by atoms with E-state index in [1.807, 2.05) is 48.5 Å². The number of cyclic esters (lactones) is 2. The number of hydrogen-bond donors (Lipinski definition) is 0. The molecule has 0 aromatic rings. The minimum atomic E-state index is -0.416. The number of carbonyl (C=O) groups is 2. The van der Waals surface area contributed by atoms with Gasteiger partial charge in [0.05, 0.1) is 6.42 Å². The molecular formula is C21H40O5. The maximum Gasteiger partial charge on any atom is 0.334 e. The van der Waals surface area contributed by atoms with Crippen molar-refractivity contribution in [1.82, 2.24) is 0 Å². The van der Waals surface area contributed by atoms with Crippen LogP contribution in [0, 0.1) is 10.8 Å². The van der Waals surface area contributed by atoms with Crippen LogP contribution in [-0.4, -0.2) is 36.9 Å². The Morgan fingerprint density at radius 2 is 1.38 bits per heavy atom. The van der Waals surface area contributed by atoms with E-state index in [1.54, 1.807) is 7.11 Å². The zero-order chi connectivity index (χ0) is 20.3. The van der Waals surface area contributed by atoms with Crippen molar-refractivity contribution in [2.24, 2.45) is 10.8 Å². The summed E-state index contributed by atoms with van der Waals surface area (Å²) in [6.07, 6.45) is 0.542. The van der Waals surface area contributed by atoms with Gasteiger partial charge in [-0.05, 0) is 34.6 Å². The molecule has 26 heavy (non-hydrogen) atoms. The lowest BCUT2D eigenvalue weighted by atomic mass is 9.74. The highest BCUT2D eigenvalue weighted by Crippen LogP contribution is 2.46. The third kappa shape index (κ3) is 5.83. The molecule has 0 aromatic heterocycles. The van der Waals surface area contributed by atoms with Gasteiger partial charge in [-0.25, -0.2) is 4.79 Å². The second kappa shape index (κ2) is 9.03. The molecule has 5 heteroatoms. The van der Waals surface area contributed by atoms with Gasteiger partial charge in [0.15, 0.2) is 0 Å². The molecule has 2 heterocycles. The average molecular weight is 373 g/mol. The monoisotopic (exact) mass is 372 g/mol. The molecule has 2 aliphatic heterocycles. The first-order chi connectivity index (χ1) is 11.1. The Labute approximate surface area is 160 Å².